The van der Waals surface area contributed by atoms with Crippen LogP contribution in [0, 0.1) is 0 Å². The lowest BCUT2D eigenvalue weighted by molar-refractivity contribution is 0.114. The van der Waals surface area contributed by atoms with E-state index in [9.17, 15) is 0 Å². The van der Waals surface area contributed by atoms with Gasteiger partial charge in [0.15, 0.2) is 0 Å². The summed E-state index contributed by atoms with van der Waals surface area (Å²) in [6, 6.07) is 5.97. The van der Waals surface area contributed by atoms with Gasteiger partial charge in [-0.3, -0.25) is 0 Å². The average Bonchev–Trinajstić information content (AvgIpc) is 2.25. The Balaban J connectivity index is 2.73. The Labute approximate surface area is 118 Å². The fourth-order valence-corrected chi connectivity index (χ4v) is 2.07. The third kappa shape index (κ3) is 3.97. The first-order valence-corrected chi connectivity index (χ1v) is 6.88. The second-order valence-corrected chi connectivity index (χ2v) is 6.32. The lowest BCUT2D eigenvalue weighted by Gasteiger charge is -2.32. The van der Waals surface area contributed by atoms with Gasteiger partial charge in [-0.25, -0.2) is 0 Å². The molecular weight excluding hydrogens is 292 g/mol. The monoisotopic (exact) mass is 314 g/mol. The number of rotatable bonds is 5. The molecule has 0 aliphatic rings. The van der Waals surface area contributed by atoms with Crippen molar-refractivity contribution in [2.24, 2.45) is 5.73 Å². The van der Waals surface area contributed by atoms with Gasteiger partial charge in [-0.2, -0.15) is 0 Å². The molecule has 102 valence electrons. The molecule has 0 heterocycles. The minimum Gasteiger partial charge on any atom is -0.492 e. The van der Waals surface area contributed by atoms with E-state index in [4.69, 9.17) is 10.5 Å². The molecule has 18 heavy (non-hydrogen) atoms. The SMILES string of the molecule is C[C@H](N)c1ccc(OCC(C)(C)N(C)C)cc1Br. The van der Waals surface area contributed by atoms with Crippen LogP contribution in [0.5, 0.6) is 5.75 Å². The molecule has 0 saturated heterocycles. The van der Waals surface area contributed by atoms with E-state index in [0.717, 1.165) is 15.8 Å². The van der Waals surface area contributed by atoms with E-state index in [1.807, 2.05) is 25.1 Å². The predicted octanol–water partition coefficient (Wildman–Crippen LogP) is 3.19. The fourth-order valence-electron chi connectivity index (χ4n) is 1.36. The average molecular weight is 315 g/mol. The number of benzene rings is 1. The molecule has 0 bridgehead atoms. The molecule has 0 saturated carbocycles. The molecule has 0 aromatic heterocycles. The molecule has 1 rings (SSSR count). The summed E-state index contributed by atoms with van der Waals surface area (Å²) in [5.41, 5.74) is 6.97. The maximum Gasteiger partial charge on any atom is 0.120 e. The van der Waals surface area contributed by atoms with E-state index in [0.29, 0.717) is 6.61 Å². The summed E-state index contributed by atoms with van der Waals surface area (Å²) in [6.07, 6.45) is 0. The highest BCUT2D eigenvalue weighted by molar-refractivity contribution is 9.10. The van der Waals surface area contributed by atoms with Crippen LogP contribution in [0.3, 0.4) is 0 Å². The van der Waals surface area contributed by atoms with E-state index in [1.54, 1.807) is 0 Å². The van der Waals surface area contributed by atoms with Gasteiger partial charge in [0.1, 0.15) is 12.4 Å². The molecular formula is C14H23BrN2O. The molecule has 1 aromatic rings. The molecule has 1 aromatic carbocycles. The quantitative estimate of drug-likeness (QED) is 0.907. The first kappa shape index (κ1) is 15.5. The van der Waals surface area contributed by atoms with Crippen molar-refractivity contribution in [3.05, 3.63) is 28.2 Å². The molecule has 0 aliphatic heterocycles. The Bertz CT molecular complexity index is 403. The molecule has 0 radical (unpaired) electrons. The number of likely N-dealkylation sites (N-methyl/N-ethyl adjacent to an activating group) is 1. The topological polar surface area (TPSA) is 38.5 Å². The zero-order valence-corrected chi connectivity index (χ0v) is 13.4. The third-order valence-electron chi connectivity index (χ3n) is 3.27. The Kier molecular flexibility index (Phi) is 5.20. The number of ether oxygens (including phenoxy) is 1. The minimum absolute atomic E-state index is 0.00626. The Hall–Kier alpha value is -0.580. The molecule has 0 spiro atoms. The summed E-state index contributed by atoms with van der Waals surface area (Å²) in [6.45, 7) is 6.91. The highest BCUT2D eigenvalue weighted by Gasteiger charge is 2.21. The van der Waals surface area contributed by atoms with Crippen LogP contribution in [-0.2, 0) is 0 Å². The van der Waals surface area contributed by atoms with Gasteiger partial charge in [-0.05, 0) is 52.6 Å². The zero-order chi connectivity index (χ0) is 13.9. The van der Waals surface area contributed by atoms with Gasteiger partial charge in [-0.1, -0.05) is 22.0 Å². The van der Waals surface area contributed by atoms with Crippen LogP contribution in [0.15, 0.2) is 22.7 Å². The van der Waals surface area contributed by atoms with Crippen LogP contribution in [0.2, 0.25) is 0 Å². The summed E-state index contributed by atoms with van der Waals surface area (Å²) < 4.78 is 6.83. The Morgan fingerprint density at radius 2 is 2.00 bits per heavy atom. The Morgan fingerprint density at radius 3 is 2.44 bits per heavy atom. The predicted molar refractivity (Wildman–Crippen MR) is 80.0 cm³/mol. The van der Waals surface area contributed by atoms with Crippen LogP contribution in [-0.4, -0.2) is 31.1 Å². The maximum atomic E-state index is 5.87. The maximum absolute atomic E-state index is 5.87. The van der Waals surface area contributed by atoms with E-state index in [2.05, 4.69) is 48.8 Å². The van der Waals surface area contributed by atoms with Gasteiger partial charge in [0.25, 0.3) is 0 Å². The van der Waals surface area contributed by atoms with Crippen molar-refractivity contribution < 1.29 is 4.74 Å². The lowest BCUT2D eigenvalue weighted by atomic mass is 10.1. The number of hydrogen-bond donors (Lipinski definition) is 1. The van der Waals surface area contributed by atoms with Gasteiger partial charge >= 0.3 is 0 Å². The van der Waals surface area contributed by atoms with Gasteiger partial charge < -0.3 is 15.4 Å². The van der Waals surface area contributed by atoms with Crippen LogP contribution in [0.25, 0.3) is 0 Å². The number of hydrogen-bond acceptors (Lipinski definition) is 3. The largest absolute Gasteiger partial charge is 0.492 e. The molecule has 0 amide bonds. The van der Waals surface area contributed by atoms with Gasteiger partial charge in [0.05, 0.1) is 0 Å². The van der Waals surface area contributed by atoms with Crippen molar-refractivity contribution in [3.63, 3.8) is 0 Å². The van der Waals surface area contributed by atoms with E-state index in [1.165, 1.54) is 0 Å². The first-order valence-electron chi connectivity index (χ1n) is 6.09. The summed E-state index contributed by atoms with van der Waals surface area (Å²) >= 11 is 3.53. The van der Waals surface area contributed by atoms with Crippen LogP contribution < -0.4 is 10.5 Å². The molecule has 4 heteroatoms. The van der Waals surface area contributed by atoms with Crippen molar-refractivity contribution in [2.45, 2.75) is 32.4 Å². The number of halogens is 1. The molecule has 1 atom stereocenters. The smallest absolute Gasteiger partial charge is 0.120 e. The lowest BCUT2D eigenvalue weighted by Crippen LogP contribution is -2.43. The van der Waals surface area contributed by atoms with E-state index >= 15 is 0 Å². The van der Waals surface area contributed by atoms with Gasteiger partial charge in [0, 0.05) is 16.1 Å². The van der Waals surface area contributed by atoms with E-state index in [-0.39, 0.29) is 11.6 Å². The third-order valence-corrected chi connectivity index (χ3v) is 3.95. The second kappa shape index (κ2) is 6.04. The van der Waals surface area contributed by atoms with Crippen LogP contribution >= 0.6 is 15.9 Å². The number of nitrogens with two attached hydrogens (primary N) is 1. The normalized spacial score (nSPS) is 13.8. The van der Waals surface area contributed by atoms with Crippen molar-refractivity contribution in [1.29, 1.82) is 0 Å². The standard InChI is InChI=1S/C14H23BrN2O/c1-10(16)12-7-6-11(8-13(12)15)18-9-14(2,3)17(4)5/h6-8,10H,9,16H2,1-5H3/t10-/m0/s1. The van der Waals surface area contributed by atoms with Crippen molar-refractivity contribution in [3.8, 4) is 5.75 Å². The molecule has 0 unspecified atom stereocenters. The van der Waals surface area contributed by atoms with Crippen LogP contribution in [0.1, 0.15) is 32.4 Å². The second-order valence-electron chi connectivity index (χ2n) is 5.47. The van der Waals surface area contributed by atoms with Crippen LogP contribution in [0.4, 0.5) is 0 Å². The zero-order valence-electron chi connectivity index (χ0n) is 11.8. The molecule has 2 N–H and O–H groups in total. The van der Waals surface area contributed by atoms with Crippen molar-refractivity contribution in [2.75, 3.05) is 20.7 Å². The Morgan fingerprint density at radius 1 is 1.39 bits per heavy atom. The van der Waals surface area contributed by atoms with Crippen molar-refractivity contribution in [1.82, 2.24) is 4.90 Å². The van der Waals surface area contributed by atoms with E-state index < -0.39 is 0 Å². The summed E-state index contributed by atoms with van der Waals surface area (Å²) in [4.78, 5) is 2.15. The van der Waals surface area contributed by atoms with Gasteiger partial charge in [-0.15, -0.1) is 0 Å². The first-order chi connectivity index (χ1) is 8.24. The molecule has 0 aliphatic carbocycles. The fraction of sp³-hybridized carbons (Fsp3) is 0.571. The molecule has 0 fully saturated rings. The minimum atomic E-state index is 0.00626. The number of nitrogens with zero attached hydrogens (tertiary/aromatic N) is 1. The summed E-state index contributed by atoms with van der Waals surface area (Å²) in [5.74, 6) is 0.862. The van der Waals surface area contributed by atoms with Gasteiger partial charge in [0.2, 0.25) is 0 Å². The summed E-state index contributed by atoms with van der Waals surface area (Å²) in [7, 11) is 4.11. The highest BCUT2D eigenvalue weighted by Crippen LogP contribution is 2.27. The molecule has 3 nitrogen and oxygen atoms in total. The summed E-state index contributed by atoms with van der Waals surface area (Å²) in [5, 5.41) is 0. The highest BCUT2D eigenvalue weighted by atomic mass is 79.9. The van der Waals surface area contributed by atoms with Crippen molar-refractivity contribution >= 4 is 15.9 Å².